The first kappa shape index (κ1) is 18.0. The lowest BCUT2D eigenvalue weighted by Gasteiger charge is -2.29. The topological polar surface area (TPSA) is 75.6 Å². The van der Waals surface area contributed by atoms with E-state index in [2.05, 4.69) is 5.32 Å². The van der Waals surface area contributed by atoms with E-state index in [0.29, 0.717) is 11.5 Å². The number of aromatic carboxylic acids is 1. The van der Waals surface area contributed by atoms with Gasteiger partial charge in [0.25, 0.3) is 0 Å². The smallest absolute Gasteiger partial charge is 0.407 e. The molecule has 26 heavy (non-hydrogen) atoms. The second kappa shape index (κ2) is 8.52. The van der Waals surface area contributed by atoms with Crippen molar-refractivity contribution in [3.63, 3.8) is 0 Å². The van der Waals surface area contributed by atoms with E-state index in [4.69, 9.17) is 9.84 Å². The van der Waals surface area contributed by atoms with Gasteiger partial charge < -0.3 is 15.2 Å². The molecule has 0 atom stereocenters. The molecule has 0 radical (unpaired) electrons. The van der Waals surface area contributed by atoms with Gasteiger partial charge in [0.2, 0.25) is 0 Å². The van der Waals surface area contributed by atoms with Crippen molar-refractivity contribution >= 4 is 12.1 Å². The van der Waals surface area contributed by atoms with Crippen LogP contribution < -0.4 is 5.32 Å². The summed E-state index contributed by atoms with van der Waals surface area (Å²) in [4.78, 5) is 22.9. The lowest BCUT2D eigenvalue weighted by atomic mass is 9.81. The minimum absolute atomic E-state index is 0.132. The van der Waals surface area contributed by atoms with Crippen LogP contribution in [0.2, 0.25) is 0 Å². The first-order valence-corrected chi connectivity index (χ1v) is 8.92. The molecule has 0 bridgehead atoms. The third kappa shape index (κ3) is 4.85. The summed E-state index contributed by atoms with van der Waals surface area (Å²) in [6.45, 7) is 0.276. The van der Waals surface area contributed by atoms with Crippen molar-refractivity contribution in [2.45, 2.75) is 44.2 Å². The second-order valence-electron chi connectivity index (χ2n) is 6.68. The molecule has 2 N–H and O–H groups in total. The molecule has 2 aromatic rings. The predicted octanol–water partition coefficient (Wildman–Crippen LogP) is 4.34. The zero-order valence-corrected chi connectivity index (χ0v) is 14.6. The summed E-state index contributed by atoms with van der Waals surface area (Å²) in [5.41, 5.74) is 2.45. The number of hydrogen-bond acceptors (Lipinski definition) is 3. The van der Waals surface area contributed by atoms with Crippen LogP contribution in [0.3, 0.4) is 0 Å². The van der Waals surface area contributed by atoms with Crippen molar-refractivity contribution in [3.8, 4) is 0 Å². The summed E-state index contributed by atoms with van der Waals surface area (Å²) in [5, 5.41) is 11.9. The van der Waals surface area contributed by atoms with E-state index < -0.39 is 5.97 Å². The Bertz CT molecular complexity index is 734. The van der Waals surface area contributed by atoms with Crippen molar-refractivity contribution in [1.82, 2.24) is 5.32 Å². The number of rotatable bonds is 5. The van der Waals surface area contributed by atoms with E-state index in [1.807, 2.05) is 42.5 Å². The number of amides is 1. The van der Waals surface area contributed by atoms with Crippen molar-refractivity contribution in [2.24, 2.45) is 0 Å². The fourth-order valence-electron chi connectivity index (χ4n) is 3.40. The summed E-state index contributed by atoms with van der Waals surface area (Å²) in [6, 6.07) is 16.9. The molecule has 1 fully saturated rings. The normalized spacial score (nSPS) is 19.5. The van der Waals surface area contributed by atoms with Crippen LogP contribution in [-0.2, 0) is 11.3 Å². The van der Waals surface area contributed by atoms with Crippen LogP contribution >= 0.6 is 0 Å². The number of carbonyl (C=O) groups excluding carboxylic acids is 1. The van der Waals surface area contributed by atoms with E-state index in [1.54, 1.807) is 12.1 Å². The summed E-state index contributed by atoms with van der Waals surface area (Å²) >= 11 is 0. The van der Waals surface area contributed by atoms with Crippen LogP contribution in [0.25, 0.3) is 0 Å². The Kier molecular flexibility index (Phi) is 5.89. The molecule has 5 nitrogen and oxygen atoms in total. The number of nitrogens with one attached hydrogen (secondary N) is 1. The van der Waals surface area contributed by atoms with E-state index in [9.17, 15) is 9.59 Å². The molecule has 0 saturated heterocycles. The first-order chi connectivity index (χ1) is 12.6. The maximum absolute atomic E-state index is 11.9. The molecule has 1 saturated carbocycles. The monoisotopic (exact) mass is 353 g/mol. The van der Waals surface area contributed by atoms with Crippen LogP contribution in [0, 0.1) is 0 Å². The molecular formula is C21H23NO4. The Labute approximate surface area is 153 Å². The van der Waals surface area contributed by atoms with Gasteiger partial charge in [0.1, 0.15) is 6.61 Å². The summed E-state index contributed by atoms with van der Waals surface area (Å²) in [5.74, 6) is -0.491. The molecule has 1 amide bonds. The Morgan fingerprint density at radius 3 is 2.23 bits per heavy atom. The third-order valence-electron chi connectivity index (χ3n) is 4.89. The lowest BCUT2D eigenvalue weighted by Crippen LogP contribution is -2.37. The van der Waals surface area contributed by atoms with Crippen LogP contribution in [0.4, 0.5) is 4.79 Å². The molecule has 0 aromatic heterocycles. The molecule has 0 unspecified atom stereocenters. The zero-order valence-electron chi connectivity index (χ0n) is 14.6. The quantitative estimate of drug-likeness (QED) is 0.838. The van der Waals surface area contributed by atoms with Crippen LogP contribution in [0.1, 0.15) is 53.1 Å². The van der Waals surface area contributed by atoms with Gasteiger partial charge in [-0.1, -0.05) is 42.5 Å². The Morgan fingerprint density at radius 2 is 1.62 bits per heavy atom. The van der Waals surface area contributed by atoms with Gasteiger partial charge in [-0.05, 0) is 54.9 Å². The molecule has 5 heteroatoms. The Hall–Kier alpha value is -2.82. The van der Waals surface area contributed by atoms with Gasteiger partial charge in [0.05, 0.1) is 5.56 Å². The average molecular weight is 353 g/mol. The van der Waals surface area contributed by atoms with E-state index in [-0.39, 0.29) is 18.7 Å². The predicted molar refractivity (Wildman–Crippen MR) is 98.2 cm³/mol. The maximum atomic E-state index is 11.9. The Morgan fingerprint density at radius 1 is 0.962 bits per heavy atom. The highest BCUT2D eigenvalue weighted by Crippen LogP contribution is 2.33. The number of carboxylic acids is 1. The molecule has 2 aromatic carbocycles. The molecular weight excluding hydrogens is 330 g/mol. The van der Waals surface area contributed by atoms with Crippen molar-refractivity contribution < 1.29 is 19.4 Å². The first-order valence-electron chi connectivity index (χ1n) is 8.92. The number of ether oxygens (including phenoxy) is 1. The molecule has 0 aliphatic heterocycles. The average Bonchev–Trinajstić information content (AvgIpc) is 2.68. The highest BCUT2D eigenvalue weighted by atomic mass is 16.5. The number of alkyl carbamates (subject to hydrolysis) is 1. The van der Waals surface area contributed by atoms with Gasteiger partial charge in [-0.25, -0.2) is 9.59 Å². The van der Waals surface area contributed by atoms with E-state index in [1.165, 1.54) is 5.56 Å². The maximum Gasteiger partial charge on any atom is 0.407 e. The van der Waals surface area contributed by atoms with Gasteiger partial charge in [0.15, 0.2) is 0 Å². The van der Waals surface area contributed by atoms with Gasteiger partial charge >= 0.3 is 12.1 Å². The minimum Gasteiger partial charge on any atom is -0.478 e. The molecule has 1 aliphatic rings. The van der Waals surface area contributed by atoms with Crippen LogP contribution in [-0.4, -0.2) is 23.2 Å². The molecule has 0 heterocycles. The fraction of sp³-hybridized carbons (Fsp3) is 0.333. The van der Waals surface area contributed by atoms with Crippen LogP contribution in [0.15, 0.2) is 54.6 Å². The molecule has 0 spiro atoms. The zero-order chi connectivity index (χ0) is 18.4. The molecule has 136 valence electrons. The lowest BCUT2D eigenvalue weighted by molar-refractivity contribution is 0.0696. The van der Waals surface area contributed by atoms with Gasteiger partial charge in [-0.15, -0.1) is 0 Å². The van der Waals surface area contributed by atoms with E-state index in [0.717, 1.165) is 31.2 Å². The Balaban J connectivity index is 1.43. The van der Waals surface area contributed by atoms with E-state index >= 15 is 0 Å². The number of benzene rings is 2. The van der Waals surface area contributed by atoms with Crippen LogP contribution in [0.5, 0.6) is 0 Å². The van der Waals surface area contributed by atoms with Crippen molar-refractivity contribution in [1.29, 1.82) is 0 Å². The largest absolute Gasteiger partial charge is 0.478 e. The highest BCUT2D eigenvalue weighted by Gasteiger charge is 2.24. The summed E-state index contributed by atoms with van der Waals surface area (Å²) < 4.78 is 5.27. The SMILES string of the molecule is O=C(NC1CCC(c2ccc(C(=O)O)cc2)CC1)OCc1ccccc1. The fourth-order valence-corrected chi connectivity index (χ4v) is 3.40. The third-order valence-corrected chi connectivity index (χ3v) is 4.89. The van der Waals surface area contributed by atoms with Gasteiger partial charge in [-0.2, -0.15) is 0 Å². The van der Waals surface area contributed by atoms with Gasteiger partial charge in [-0.3, -0.25) is 0 Å². The minimum atomic E-state index is -0.904. The highest BCUT2D eigenvalue weighted by molar-refractivity contribution is 5.87. The summed E-state index contributed by atoms with van der Waals surface area (Å²) in [6.07, 6.45) is 3.35. The van der Waals surface area contributed by atoms with Crippen molar-refractivity contribution in [3.05, 3.63) is 71.3 Å². The van der Waals surface area contributed by atoms with Crippen molar-refractivity contribution in [2.75, 3.05) is 0 Å². The number of hydrogen-bond donors (Lipinski definition) is 2. The molecule has 3 rings (SSSR count). The standard InChI is InChI=1S/C21H23NO4/c23-20(24)18-8-6-16(7-9-18)17-10-12-19(13-11-17)22-21(25)26-14-15-4-2-1-3-5-15/h1-9,17,19H,10-14H2,(H,22,25)(H,23,24). The number of carbonyl (C=O) groups is 2. The second-order valence-corrected chi connectivity index (χ2v) is 6.68. The number of carboxylic acid groups (broad SMARTS) is 1. The summed E-state index contributed by atoms with van der Waals surface area (Å²) in [7, 11) is 0. The van der Waals surface area contributed by atoms with Gasteiger partial charge in [0, 0.05) is 6.04 Å². The molecule has 1 aliphatic carbocycles.